The molecule has 0 unspecified atom stereocenters. The standard InChI is InChI=1S/C30H50O2/c1-19(2)20(3)8-9-21(4)26-12-13-27-25-11-10-23-18-24(32-22(5)31)14-16-29(23,6)28(25)15-17-30(26,27)7/h11,19-21,23-24,26-28H,8-10,12-18H2,1-7H3/t20-,21+,23-,24+,26+,27+,28+,29-,30-/m0/s1. The second-order valence-corrected chi connectivity index (χ2v) is 13.3. The van der Waals surface area contributed by atoms with Gasteiger partial charge in [0.15, 0.2) is 0 Å². The Bertz CT molecular complexity index is 722. The fourth-order valence-electron chi connectivity index (χ4n) is 8.85. The highest BCUT2D eigenvalue weighted by molar-refractivity contribution is 5.66. The third kappa shape index (κ3) is 4.22. The van der Waals surface area contributed by atoms with Crippen molar-refractivity contribution >= 4 is 5.97 Å². The monoisotopic (exact) mass is 442 g/mol. The third-order valence-corrected chi connectivity index (χ3v) is 11.3. The minimum atomic E-state index is -0.104. The van der Waals surface area contributed by atoms with Gasteiger partial charge in [0, 0.05) is 6.92 Å². The SMILES string of the molecule is CC(=O)O[C@@H]1CC[C@@]2(C)[C@@H](CC=C3[C@H]2CC[C@]2(C)[C@@H]3CC[C@@H]2[C@H](C)CC[C@H](C)C(C)C)C1. The Hall–Kier alpha value is -0.790. The average Bonchev–Trinajstić information content (AvgIpc) is 3.08. The van der Waals surface area contributed by atoms with Gasteiger partial charge in [-0.15, -0.1) is 0 Å². The molecule has 0 heterocycles. The average molecular weight is 443 g/mol. The fourth-order valence-corrected chi connectivity index (χ4v) is 8.85. The Morgan fingerprint density at radius 3 is 2.38 bits per heavy atom. The van der Waals surface area contributed by atoms with Crippen molar-refractivity contribution < 1.29 is 9.53 Å². The van der Waals surface area contributed by atoms with Gasteiger partial charge < -0.3 is 4.74 Å². The second kappa shape index (κ2) is 9.10. The lowest BCUT2D eigenvalue weighted by molar-refractivity contribution is -0.152. The molecule has 3 saturated carbocycles. The van der Waals surface area contributed by atoms with Crippen LogP contribution < -0.4 is 0 Å². The molecule has 0 aromatic heterocycles. The van der Waals surface area contributed by atoms with Crippen LogP contribution >= 0.6 is 0 Å². The molecule has 0 saturated heterocycles. The molecule has 0 amide bonds. The lowest BCUT2D eigenvalue weighted by atomic mass is 9.47. The zero-order valence-corrected chi connectivity index (χ0v) is 22.1. The van der Waals surface area contributed by atoms with Gasteiger partial charge in [-0.1, -0.05) is 66.0 Å². The Morgan fingerprint density at radius 2 is 1.69 bits per heavy atom. The van der Waals surface area contributed by atoms with Crippen molar-refractivity contribution in [1.82, 2.24) is 0 Å². The van der Waals surface area contributed by atoms with E-state index in [0.717, 1.165) is 48.3 Å². The molecule has 0 bridgehead atoms. The molecule has 9 atom stereocenters. The topological polar surface area (TPSA) is 26.3 Å². The minimum Gasteiger partial charge on any atom is -0.463 e. The molecule has 4 aliphatic carbocycles. The summed E-state index contributed by atoms with van der Waals surface area (Å²) >= 11 is 0. The van der Waals surface area contributed by atoms with E-state index < -0.39 is 0 Å². The predicted molar refractivity (Wildman–Crippen MR) is 133 cm³/mol. The van der Waals surface area contributed by atoms with E-state index in [4.69, 9.17) is 4.74 Å². The first kappa shape index (κ1) is 24.3. The minimum absolute atomic E-state index is 0.104. The molecule has 3 fully saturated rings. The second-order valence-electron chi connectivity index (χ2n) is 13.3. The van der Waals surface area contributed by atoms with Gasteiger partial charge in [-0.25, -0.2) is 0 Å². The highest BCUT2D eigenvalue weighted by atomic mass is 16.5. The third-order valence-electron chi connectivity index (χ3n) is 11.3. The Labute approximate surface area is 198 Å². The first-order valence-corrected chi connectivity index (χ1v) is 13.9. The first-order valence-electron chi connectivity index (χ1n) is 13.9. The van der Waals surface area contributed by atoms with Crippen LogP contribution in [0.3, 0.4) is 0 Å². The maximum absolute atomic E-state index is 11.5. The number of hydrogen-bond acceptors (Lipinski definition) is 2. The van der Waals surface area contributed by atoms with E-state index in [2.05, 4.69) is 47.6 Å². The summed E-state index contributed by atoms with van der Waals surface area (Å²) in [7, 11) is 0. The van der Waals surface area contributed by atoms with Gasteiger partial charge in [0.05, 0.1) is 0 Å². The van der Waals surface area contributed by atoms with Crippen LogP contribution in [0.2, 0.25) is 0 Å². The van der Waals surface area contributed by atoms with Crippen LogP contribution in [0, 0.1) is 52.3 Å². The van der Waals surface area contributed by atoms with E-state index >= 15 is 0 Å². The van der Waals surface area contributed by atoms with Gasteiger partial charge in [-0.05, 0) is 104 Å². The summed E-state index contributed by atoms with van der Waals surface area (Å²) < 4.78 is 5.64. The van der Waals surface area contributed by atoms with Crippen molar-refractivity contribution in [3.63, 3.8) is 0 Å². The number of rotatable bonds is 6. The van der Waals surface area contributed by atoms with Crippen LogP contribution in [-0.2, 0) is 9.53 Å². The van der Waals surface area contributed by atoms with Gasteiger partial charge in [0.1, 0.15) is 6.10 Å². The van der Waals surface area contributed by atoms with Gasteiger partial charge in [0.2, 0.25) is 0 Å². The highest BCUT2D eigenvalue weighted by Gasteiger charge is 2.58. The molecular weight excluding hydrogens is 392 g/mol. The van der Waals surface area contributed by atoms with E-state index in [9.17, 15) is 4.79 Å². The van der Waals surface area contributed by atoms with Gasteiger partial charge >= 0.3 is 5.97 Å². The van der Waals surface area contributed by atoms with Crippen LogP contribution in [0.1, 0.15) is 113 Å². The van der Waals surface area contributed by atoms with E-state index in [1.165, 1.54) is 51.4 Å². The van der Waals surface area contributed by atoms with Crippen molar-refractivity contribution in [3.8, 4) is 0 Å². The molecule has 2 nitrogen and oxygen atoms in total. The maximum Gasteiger partial charge on any atom is 0.302 e. The van der Waals surface area contributed by atoms with Crippen molar-refractivity contribution in [2.24, 2.45) is 52.3 Å². The number of hydrogen-bond donors (Lipinski definition) is 0. The quantitative estimate of drug-likeness (QED) is 0.306. The smallest absolute Gasteiger partial charge is 0.302 e. The molecule has 2 heteroatoms. The van der Waals surface area contributed by atoms with Crippen LogP contribution in [-0.4, -0.2) is 12.1 Å². The van der Waals surface area contributed by atoms with Crippen molar-refractivity contribution in [3.05, 3.63) is 11.6 Å². The lowest BCUT2D eigenvalue weighted by Crippen LogP contribution is -2.50. The summed E-state index contributed by atoms with van der Waals surface area (Å²) in [6.45, 7) is 16.6. The normalized spacial score (nSPS) is 43.0. The summed E-state index contributed by atoms with van der Waals surface area (Å²) in [4.78, 5) is 11.5. The first-order chi connectivity index (χ1) is 15.1. The van der Waals surface area contributed by atoms with Gasteiger partial charge in [-0.2, -0.15) is 0 Å². The van der Waals surface area contributed by atoms with Crippen molar-refractivity contribution in [2.75, 3.05) is 0 Å². The van der Waals surface area contributed by atoms with Gasteiger partial charge in [-0.3, -0.25) is 4.79 Å². The summed E-state index contributed by atoms with van der Waals surface area (Å²) in [6.07, 6.45) is 15.9. The molecule has 0 radical (unpaired) electrons. The van der Waals surface area contributed by atoms with Crippen molar-refractivity contribution in [2.45, 2.75) is 119 Å². The molecule has 0 aromatic carbocycles. The Balaban J connectivity index is 1.47. The Kier molecular flexibility index (Phi) is 6.92. The van der Waals surface area contributed by atoms with E-state index in [1.807, 2.05) is 5.57 Å². The number of allylic oxidation sites excluding steroid dienone is 2. The fraction of sp³-hybridized carbons (Fsp3) is 0.900. The zero-order valence-electron chi connectivity index (χ0n) is 22.1. The number of esters is 1. The molecule has 0 spiro atoms. The van der Waals surface area contributed by atoms with Crippen LogP contribution in [0.15, 0.2) is 11.6 Å². The summed E-state index contributed by atoms with van der Waals surface area (Å²) in [6, 6.07) is 0. The largest absolute Gasteiger partial charge is 0.463 e. The predicted octanol–water partition coefficient (Wildman–Crippen LogP) is 8.21. The van der Waals surface area contributed by atoms with Crippen molar-refractivity contribution in [1.29, 1.82) is 0 Å². The van der Waals surface area contributed by atoms with Crippen LogP contribution in [0.5, 0.6) is 0 Å². The van der Waals surface area contributed by atoms with Crippen LogP contribution in [0.4, 0.5) is 0 Å². The molecular formula is C30H50O2. The summed E-state index contributed by atoms with van der Waals surface area (Å²) in [5.41, 5.74) is 2.79. The highest BCUT2D eigenvalue weighted by Crippen LogP contribution is 2.67. The summed E-state index contributed by atoms with van der Waals surface area (Å²) in [5, 5.41) is 0. The Morgan fingerprint density at radius 1 is 1.00 bits per heavy atom. The zero-order chi connectivity index (χ0) is 23.3. The van der Waals surface area contributed by atoms with E-state index in [-0.39, 0.29) is 12.1 Å². The number of carbonyl (C=O) groups excluding carboxylic acids is 1. The number of fused-ring (bicyclic) bond motifs is 5. The molecule has 0 aliphatic heterocycles. The molecule has 4 aliphatic rings. The summed E-state index contributed by atoms with van der Waals surface area (Å²) in [5.74, 6) is 5.58. The van der Waals surface area contributed by atoms with Gasteiger partial charge in [0.25, 0.3) is 0 Å². The maximum atomic E-state index is 11.5. The van der Waals surface area contributed by atoms with E-state index in [0.29, 0.717) is 16.7 Å². The molecule has 4 rings (SSSR count). The van der Waals surface area contributed by atoms with Crippen LogP contribution in [0.25, 0.3) is 0 Å². The molecule has 0 N–H and O–H groups in total. The number of carbonyl (C=O) groups is 1. The molecule has 0 aromatic rings. The van der Waals surface area contributed by atoms with E-state index in [1.54, 1.807) is 6.92 Å². The molecule has 182 valence electrons. The number of ether oxygens (including phenoxy) is 1. The molecule has 32 heavy (non-hydrogen) atoms. The lowest BCUT2D eigenvalue weighted by Gasteiger charge is -2.58.